The summed E-state index contributed by atoms with van der Waals surface area (Å²) in [7, 11) is 0. The molecule has 0 spiro atoms. The number of hydrogen-bond donors (Lipinski definition) is 0. The summed E-state index contributed by atoms with van der Waals surface area (Å²) >= 11 is 2.18. The molecule has 0 N–H and O–H groups in total. The van der Waals surface area contributed by atoms with Gasteiger partial charge in [0.1, 0.15) is 0 Å². The molecule has 11 rings (SSSR count). The van der Waals surface area contributed by atoms with E-state index in [0.717, 1.165) is 45.9 Å². The fraction of sp³-hybridized carbons (Fsp3) is 0.0893. The summed E-state index contributed by atoms with van der Waals surface area (Å²) in [4.78, 5) is 7.17. The van der Waals surface area contributed by atoms with Crippen LogP contribution in [0.3, 0.4) is 0 Å². The second-order valence-electron chi connectivity index (χ2n) is 16.3. The van der Waals surface area contributed by atoms with Crippen molar-refractivity contribution in [1.29, 1.82) is 0 Å². The summed E-state index contributed by atoms with van der Waals surface area (Å²) in [5.41, 5.74) is 8.26. The van der Waals surface area contributed by atoms with Crippen molar-refractivity contribution >= 4 is 29.5 Å². The van der Waals surface area contributed by atoms with Crippen LogP contribution in [0.1, 0.15) is 33.1 Å². The number of ether oxygens (including phenoxy) is 1. The molecule has 0 radical (unpaired) electrons. The summed E-state index contributed by atoms with van der Waals surface area (Å²) in [6.45, 7) is 6.27. The van der Waals surface area contributed by atoms with Crippen LogP contribution in [0.4, 0.5) is 11.5 Å². The maximum atomic E-state index is 9.11. The van der Waals surface area contributed by atoms with Gasteiger partial charge in [-0.2, -0.15) is 5.10 Å². The van der Waals surface area contributed by atoms with Gasteiger partial charge in [-0.1, -0.05) is 44.2 Å². The average Bonchev–Trinajstić information content (AvgIpc) is 3.99. The molecule has 318 valence electrons. The summed E-state index contributed by atoms with van der Waals surface area (Å²) in [5.74, 6) is 2.21. The molecule has 0 unspecified atom stereocenters. The van der Waals surface area contributed by atoms with E-state index in [1.165, 1.54) is 0 Å². The van der Waals surface area contributed by atoms with Gasteiger partial charge >= 0.3 is 315 Å². The molecule has 3 aromatic heterocycles. The van der Waals surface area contributed by atoms with E-state index in [2.05, 4.69) is 85.9 Å². The fourth-order valence-electron chi connectivity index (χ4n) is 8.74. The van der Waals surface area contributed by atoms with Gasteiger partial charge in [0, 0.05) is 11.8 Å². The number of fused-ring (bicyclic) bond motifs is 4. The third-order valence-corrected chi connectivity index (χ3v) is 12.6. The monoisotopic (exact) mass is 1030 g/mol. The van der Waals surface area contributed by atoms with Crippen LogP contribution in [-0.4, -0.2) is 30.8 Å². The van der Waals surface area contributed by atoms with Crippen molar-refractivity contribution in [2.24, 2.45) is 5.92 Å². The van der Waals surface area contributed by atoms with Crippen molar-refractivity contribution in [2.75, 3.05) is 4.81 Å². The first kappa shape index (κ1) is 30.7. The molecule has 65 heavy (non-hydrogen) atoms. The number of nitrogens with zero attached hydrogens (tertiary/aromatic N) is 6. The topological polar surface area (TPSA) is 53.0 Å². The summed E-state index contributed by atoms with van der Waals surface area (Å²) < 4.78 is 101. The van der Waals surface area contributed by atoms with Crippen molar-refractivity contribution in [3.05, 3.63) is 209 Å². The van der Waals surface area contributed by atoms with E-state index in [0.29, 0.717) is 37.9 Å². The van der Waals surface area contributed by atoms with Gasteiger partial charge in [0.25, 0.3) is 0 Å². The van der Waals surface area contributed by atoms with E-state index < -0.39 is 60.4 Å². The van der Waals surface area contributed by atoms with Crippen LogP contribution in [0.15, 0.2) is 200 Å². The third-order valence-electron chi connectivity index (χ3n) is 11.5. The van der Waals surface area contributed by atoms with Crippen LogP contribution in [0.5, 0.6) is 11.5 Å². The molecule has 4 heterocycles. The molecular weight excluding hydrogens is 979 g/mol. The number of anilines is 2. The van der Waals surface area contributed by atoms with Crippen LogP contribution in [0.25, 0.3) is 67.2 Å². The molecule has 9 heteroatoms. The minimum atomic E-state index is -0.561. The Morgan fingerprint density at radius 3 is 2.00 bits per heavy atom. The quantitative estimate of drug-likeness (QED) is 0.128. The first-order chi connectivity index (χ1) is 36.0. The minimum absolute atomic E-state index is 0.112. The van der Waals surface area contributed by atoms with Crippen molar-refractivity contribution < 1.29 is 37.8 Å². The van der Waals surface area contributed by atoms with Gasteiger partial charge in [-0.05, 0) is 24.5 Å². The van der Waals surface area contributed by atoms with Crippen molar-refractivity contribution in [1.82, 2.24) is 23.8 Å². The molecule has 7 nitrogen and oxygen atoms in total. The Hall–Kier alpha value is -7.28. The second-order valence-corrected chi connectivity index (χ2v) is 17.3. The molecule has 7 aromatic carbocycles. The average molecular weight is 1030 g/mol. The van der Waals surface area contributed by atoms with E-state index in [-0.39, 0.29) is 34.9 Å². The van der Waals surface area contributed by atoms with Crippen LogP contribution >= 0.6 is 0 Å². The van der Waals surface area contributed by atoms with E-state index in [4.69, 9.17) is 28.5 Å². The fourth-order valence-corrected chi connectivity index (χ4v) is 9.83. The molecule has 0 amide bonds. The Morgan fingerprint density at radius 2 is 1.31 bits per heavy atom. The van der Waals surface area contributed by atoms with E-state index in [1.807, 2.05) is 94.2 Å². The van der Waals surface area contributed by atoms with Gasteiger partial charge < -0.3 is 0 Å². The van der Waals surface area contributed by atoms with Gasteiger partial charge in [-0.3, -0.25) is 0 Å². The van der Waals surface area contributed by atoms with Gasteiger partial charge in [-0.25, -0.2) is 0 Å². The Kier molecular flexibility index (Phi) is 8.05. The zero-order chi connectivity index (χ0) is 52.7. The molecular formula is C56H45BN6OPt. The summed E-state index contributed by atoms with van der Waals surface area (Å²) in [5, 5.41) is 5.24. The van der Waals surface area contributed by atoms with E-state index >= 15 is 0 Å². The second kappa shape index (κ2) is 17.0. The molecule has 0 fully saturated rings. The van der Waals surface area contributed by atoms with E-state index in [1.54, 1.807) is 18.2 Å². The zero-order valence-electron chi connectivity index (χ0n) is 45.5. The Bertz CT molecular complexity index is 3890. The Balaban J connectivity index is 1.08. The number of aromatic nitrogens is 5. The normalized spacial score (nSPS) is 14.3. The molecule has 1 aliphatic heterocycles. The molecule has 0 bridgehead atoms. The van der Waals surface area contributed by atoms with Gasteiger partial charge in [-0.15, -0.1) is 0 Å². The summed E-state index contributed by atoms with van der Waals surface area (Å²) in [6, 6.07) is 37.4. The van der Waals surface area contributed by atoms with Crippen molar-refractivity contribution in [3.63, 3.8) is 0 Å². The number of aryl methyl sites for hydroxylation is 1. The molecule has 0 atom stereocenters. The molecule has 1 aliphatic rings. The van der Waals surface area contributed by atoms with Crippen molar-refractivity contribution in [2.45, 2.75) is 27.1 Å². The van der Waals surface area contributed by atoms with Crippen LogP contribution in [-0.2, 0) is 19.4 Å². The SMILES string of the molecule is [2H]c1c([2H])c([2H])c(-c2cccc(-c3c([2H])c([2H])c([2H])c([2H])c3[2H])c2-n2[c](=[Pt])n(-c3cccc(Oc4ccc5c(c4)N(c4cc(C)ccn4)B(CC(C)C)n4nc(-c6ccccc6)cc4-5)c3)c3ccccc32)c([2H])c1[2H]. The van der Waals surface area contributed by atoms with Crippen LogP contribution in [0.2, 0.25) is 6.32 Å². The zero-order valence-corrected chi connectivity index (χ0v) is 37.8. The maximum absolute atomic E-state index is 9.11. The Morgan fingerprint density at radius 1 is 0.646 bits per heavy atom. The molecule has 0 saturated heterocycles. The number of pyridine rings is 1. The summed E-state index contributed by atoms with van der Waals surface area (Å²) in [6.07, 6.45) is 2.61. The predicted molar refractivity (Wildman–Crippen MR) is 262 cm³/mol. The standard InChI is InChI=1S/C56H45BN6O.Pt/c1-39(2)37-57-62(55-33-40(3)31-32-58-55)53-35-46(29-30-49(53)54-36-50(59-63(54)57)43-21-11-6-12-22-43)64-45-24-15-23-44(34-45)60-38-61(52-28-14-13-27-51(52)60)56-47(41-17-7-4-8-18-41)25-16-26-48(56)42-19-9-5-10-20-42;/h4-36,39H,37H2,1-3H3;/i4D,5D,7D,8D,9D,10D,17D,18D,19D,20D;. The predicted octanol–water partition coefficient (Wildman–Crippen LogP) is 14.0. The van der Waals surface area contributed by atoms with Gasteiger partial charge in [0.15, 0.2) is 0 Å². The number of rotatable bonds is 10. The number of hydrogen-bond acceptors (Lipinski definition) is 4. The molecule has 10 aromatic rings. The third kappa shape index (κ3) is 7.48. The van der Waals surface area contributed by atoms with E-state index in [9.17, 15) is 0 Å². The number of para-hydroxylation sites is 3. The van der Waals surface area contributed by atoms with Crippen LogP contribution < -0.4 is 9.55 Å². The number of imidazole rings is 1. The first-order valence-electron chi connectivity index (χ1n) is 26.3. The Labute approximate surface area is 404 Å². The number of benzene rings is 7. The van der Waals surface area contributed by atoms with Crippen molar-refractivity contribution in [3.8, 4) is 67.6 Å². The molecule has 0 aliphatic carbocycles. The van der Waals surface area contributed by atoms with Crippen LogP contribution in [0, 0.1) is 16.6 Å². The van der Waals surface area contributed by atoms with Gasteiger partial charge in [0.2, 0.25) is 0 Å². The first-order valence-corrected chi connectivity index (χ1v) is 22.4. The van der Waals surface area contributed by atoms with Gasteiger partial charge in [0.05, 0.1) is 5.69 Å². The molecule has 0 saturated carbocycles.